The monoisotopic (exact) mass is 220 g/mol. The largest absolute Gasteiger partial charge is 0.393 e. The number of hydrogen-bond acceptors (Lipinski definition) is 3. The molecule has 0 unspecified atom stereocenters. The highest BCUT2D eigenvalue weighted by molar-refractivity contribution is 5.46. The molecule has 0 radical (unpaired) electrons. The van der Waals surface area contributed by atoms with E-state index in [0.717, 1.165) is 36.9 Å². The van der Waals surface area contributed by atoms with Crippen LogP contribution >= 0.6 is 0 Å². The Labute approximate surface area is 96.7 Å². The van der Waals surface area contributed by atoms with Gasteiger partial charge in [0.15, 0.2) is 0 Å². The van der Waals surface area contributed by atoms with Gasteiger partial charge in [0.1, 0.15) is 0 Å². The van der Waals surface area contributed by atoms with Crippen LogP contribution in [-0.2, 0) is 6.54 Å². The predicted molar refractivity (Wildman–Crippen MR) is 66.2 cm³/mol. The highest BCUT2D eigenvalue weighted by Gasteiger charge is 2.18. The number of anilines is 1. The van der Waals surface area contributed by atoms with Crippen LogP contribution in [0.25, 0.3) is 0 Å². The number of hydrogen-bond donors (Lipinski definition) is 3. The zero-order chi connectivity index (χ0) is 11.4. The van der Waals surface area contributed by atoms with Gasteiger partial charge in [-0.1, -0.05) is 12.1 Å². The minimum atomic E-state index is -0.0894. The van der Waals surface area contributed by atoms with Gasteiger partial charge in [0.25, 0.3) is 0 Å². The van der Waals surface area contributed by atoms with E-state index in [2.05, 4.69) is 17.4 Å². The summed E-state index contributed by atoms with van der Waals surface area (Å²) < 4.78 is 0. The second kappa shape index (κ2) is 5.32. The van der Waals surface area contributed by atoms with Gasteiger partial charge in [-0.2, -0.15) is 0 Å². The summed E-state index contributed by atoms with van der Waals surface area (Å²) >= 11 is 0. The molecule has 0 saturated heterocycles. The number of aliphatic hydroxyl groups excluding tert-OH is 1. The van der Waals surface area contributed by atoms with Gasteiger partial charge in [0.05, 0.1) is 6.10 Å². The molecule has 1 aromatic carbocycles. The Morgan fingerprint density at radius 2 is 2.00 bits per heavy atom. The summed E-state index contributed by atoms with van der Waals surface area (Å²) in [6, 6.07) is 8.74. The SMILES string of the molecule is NCc1cccc(N[C@H]2CC[C@H](O)CC2)c1. The van der Waals surface area contributed by atoms with Crippen LogP contribution < -0.4 is 11.1 Å². The molecular formula is C13H20N2O. The van der Waals surface area contributed by atoms with Crippen LogP contribution in [0.1, 0.15) is 31.2 Å². The summed E-state index contributed by atoms with van der Waals surface area (Å²) in [5.74, 6) is 0. The zero-order valence-electron chi connectivity index (χ0n) is 9.52. The molecule has 3 heteroatoms. The summed E-state index contributed by atoms with van der Waals surface area (Å²) in [5.41, 5.74) is 7.91. The summed E-state index contributed by atoms with van der Waals surface area (Å²) in [4.78, 5) is 0. The molecule has 1 aliphatic carbocycles. The number of benzene rings is 1. The lowest BCUT2D eigenvalue weighted by molar-refractivity contribution is 0.126. The molecule has 0 amide bonds. The van der Waals surface area contributed by atoms with Crippen LogP contribution in [0.3, 0.4) is 0 Å². The number of rotatable bonds is 3. The van der Waals surface area contributed by atoms with Gasteiger partial charge in [-0.3, -0.25) is 0 Å². The van der Waals surface area contributed by atoms with Gasteiger partial charge < -0.3 is 16.2 Å². The maximum Gasteiger partial charge on any atom is 0.0541 e. The lowest BCUT2D eigenvalue weighted by Crippen LogP contribution is -2.28. The van der Waals surface area contributed by atoms with Gasteiger partial charge >= 0.3 is 0 Å². The van der Waals surface area contributed by atoms with Crippen LogP contribution in [0.15, 0.2) is 24.3 Å². The van der Waals surface area contributed by atoms with Crippen LogP contribution in [0.4, 0.5) is 5.69 Å². The summed E-state index contributed by atoms with van der Waals surface area (Å²) in [5, 5.41) is 12.9. The molecule has 0 heterocycles. The first-order valence-electron chi connectivity index (χ1n) is 6.01. The first-order chi connectivity index (χ1) is 7.78. The van der Waals surface area contributed by atoms with E-state index < -0.39 is 0 Å². The van der Waals surface area contributed by atoms with Crippen LogP contribution in [0.5, 0.6) is 0 Å². The lowest BCUT2D eigenvalue weighted by atomic mass is 9.93. The van der Waals surface area contributed by atoms with Crippen molar-refractivity contribution >= 4 is 5.69 Å². The topological polar surface area (TPSA) is 58.3 Å². The van der Waals surface area contributed by atoms with Crippen molar-refractivity contribution in [1.29, 1.82) is 0 Å². The van der Waals surface area contributed by atoms with E-state index in [1.165, 1.54) is 0 Å². The van der Waals surface area contributed by atoms with Crippen LogP contribution in [0.2, 0.25) is 0 Å². The molecule has 1 fully saturated rings. The highest BCUT2D eigenvalue weighted by atomic mass is 16.3. The van der Waals surface area contributed by atoms with Crippen molar-refractivity contribution in [1.82, 2.24) is 0 Å². The van der Waals surface area contributed by atoms with E-state index in [1.807, 2.05) is 12.1 Å². The summed E-state index contributed by atoms with van der Waals surface area (Å²) in [6.07, 6.45) is 3.83. The van der Waals surface area contributed by atoms with Crippen molar-refractivity contribution in [3.63, 3.8) is 0 Å². The number of aliphatic hydroxyl groups is 1. The van der Waals surface area contributed by atoms with E-state index in [4.69, 9.17) is 5.73 Å². The third-order valence-electron chi connectivity index (χ3n) is 3.23. The molecule has 0 aliphatic heterocycles. The maximum atomic E-state index is 9.43. The Bertz CT molecular complexity index is 332. The fourth-order valence-electron chi connectivity index (χ4n) is 2.24. The fourth-order valence-corrected chi connectivity index (χ4v) is 2.24. The number of nitrogens with one attached hydrogen (secondary N) is 1. The van der Waals surface area contributed by atoms with Gasteiger partial charge in [-0.05, 0) is 43.4 Å². The second-order valence-electron chi connectivity index (χ2n) is 4.55. The molecule has 0 bridgehead atoms. The van der Waals surface area contributed by atoms with E-state index in [9.17, 15) is 5.11 Å². The Kier molecular flexibility index (Phi) is 3.80. The molecular weight excluding hydrogens is 200 g/mol. The Balaban J connectivity index is 1.93. The Hall–Kier alpha value is -1.06. The second-order valence-corrected chi connectivity index (χ2v) is 4.55. The van der Waals surface area contributed by atoms with Gasteiger partial charge in [-0.25, -0.2) is 0 Å². The first kappa shape index (κ1) is 11.4. The van der Waals surface area contributed by atoms with E-state index in [-0.39, 0.29) is 6.10 Å². The van der Waals surface area contributed by atoms with Crippen molar-refractivity contribution in [3.8, 4) is 0 Å². The molecule has 1 saturated carbocycles. The fraction of sp³-hybridized carbons (Fsp3) is 0.538. The minimum absolute atomic E-state index is 0.0894. The molecule has 1 aliphatic rings. The average Bonchev–Trinajstić information content (AvgIpc) is 2.32. The van der Waals surface area contributed by atoms with Gasteiger partial charge in [0, 0.05) is 18.3 Å². The van der Waals surface area contributed by atoms with E-state index in [0.29, 0.717) is 12.6 Å². The molecule has 0 atom stereocenters. The van der Waals surface area contributed by atoms with Gasteiger partial charge in [0.2, 0.25) is 0 Å². The van der Waals surface area contributed by atoms with E-state index in [1.54, 1.807) is 0 Å². The minimum Gasteiger partial charge on any atom is -0.393 e. The highest BCUT2D eigenvalue weighted by Crippen LogP contribution is 2.22. The Morgan fingerprint density at radius 1 is 1.25 bits per heavy atom. The smallest absolute Gasteiger partial charge is 0.0541 e. The van der Waals surface area contributed by atoms with Gasteiger partial charge in [-0.15, -0.1) is 0 Å². The predicted octanol–water partition coefficient (Wildman–Crippen LogP) is 1.86. The zero-order valence-corrected chi connectivity index (χ0v) is 9.52. The molecule has 16 heavy (non-hydrogen) atoms. The molecule has 2 rings (SSSR count). The van der Waals surface area contributed by atoms with Crippen molar-refractivity contribution < 1.29 is 5.11 Å². The van der Waals surface area contributed by atoms with Crippen molar-refractivity contribution in [2.24, 2.45) is 5.73 Å². The molecule has 1 aromatic rings. The third kappa shape index (κ3) is 2.97. The standard InChI is InChI=1S/C13H20N2O/c14-9-10-2-1-3-12(8-10)15-11-4-6-13(16)7-5-11/h1-3,8,11,13,15-16H,4-7,9,14H2/t11-,13-. The maximum absolute atomic E-state index is 9.43. The lowest BCUT2D eigenvalue weighted by Gasteiger charge is -2.27. The molecule has 3 nitrogen and oxygen atoms in total. The van der Waals surface area contributed by atoms with Crippen molar-refractivity contribution in [2.75, 3.05) is 5.32 Å². The molecule has 4 N–H and O–H groups in total. The third-order valence-corrected chi connectivity index (χ3v) is 3.23. The summed E-state index contributed by atoms with van der Waals surface area (Å²) in [6.45, 7) is 0.582. The molecule has 88 valence electrons. The van der Waals surface area contributed by atoms with E-state index >= 15 is 0 Å². The molecule has 0 aromatic heterocycles. The quantitative estimate of drug-likeness (QED) is 0.728. The number of nitrogens with two attached hydrogens (primary N) is 1. The average molecular weight is 220 g/mol. The normalized spacial score (nSPS) is 25.4. The Morgan fingerprint density at radius 3 is 2.69 bits per heavy atom. The molecule has 0 spiro atoms. The van der Waals surface area contributed by atoms with Crippen LogP contribution in [-0.4, -0.2) is 17.3 Å². The van der Waals surface area contributed by atoms with Crippen LogP contribution in [0, 0.1) is 0 Å². The summed E-state index contributed by atoms with van der Waals surface area (Å²) in [7, 11) is 0. The first-order valence-corrected chi connectivity index (χ1v) is 6.01. The van der Waals surface area contributed by atoms with Crippen molar-refractivity contribution in [2.45, 2.75) is 44.4 Å². The van der Waals surface area contributed by atoms with Crippen molar-refractivity contribution in [3.05, 3.63) is 29.8 Å².